The van der Waals surface area contributed by atoms with Crippen LogP contribution in [0.4, 0.5) is 0 Å². The summed E-state index contributed by atoms with van der Waals surface area (Å²) in [6.07, 6.45) is -0.0653. The number of hydrogen-bond donors (Lipinski definition) is 2. The van der Waals surface area contributed by atoms with Crippen LogP contribution in [0.1, 0.15) is 29.8 Å². The second kappa shape index (κ2) is 8.47. The third-order valence-electron chi connectivity index (χ3n) is 4.17. The number of pyridine rings is 1. The lowest BCUT2D eigenvalue weighted by molar-refractivity contribution is -0.136. The van der Waals surface area contributed by atoms with E-state index in [1.807, 2.05) is 61.5 Å². The SMILES string of the molecule is CC(N)c1cccc(-c2cccc(COc3ccccc3CC(=O)O)c2)n1. The quantitative estimate of drug-likeness (QED) is 0.664. The van der Waals surface area contributed by atoms with E-state index in [2.05, 4.69) is 4.98 Å². The first kappa shape index (κ1) is 18.6. The highest BCUT2D eigenvalue weighted by molar-refractivity contribution is 5.71. The molecule has 0 aliphatic heterocycles. The lowest BCUT2D eigenvalue weighted by Crippen LogP contribution is -2.07. The van der Waals surface area contributed by atoms with E-state index in [-0.39, 0.29) is 12.5 Å². The third kappa shape index (κ3) is 4.92. The number of aliphatic carboxylic acids is 1. The summed E-state index contributed by atoms with van der Waals surface area (Å²) in [5.41, 5.74) is 10.3. The van der Waals surface area contributed by atoms with Crippen molar-refractivity contribution in [2.75, 3.05) is 0 Å². The standard InChI is InChI=1S/C22H22N2O3/c1-15(23)19-9-5-10-20(24-19)17-8-4-6-16(12-17)14-27-21-11-3-2-7-18(21)13-22(25)26/h2-12,15H,13-14,23H2,1H3,(H,25,26). The van der Waals surface area contributed by atoms with Gasteiger partial charge in [-0.25, -0.2) is 0 Å². The minimum atomic E-state index is -0.881. The summed E-state index contributed by atoms with van der Waals surface area (Å²) in [6, 6.07) is 20.8. The van der Waals surface area contributed by atoms with Crippen LogP contribution < -0.4 is 10.5 Å². The van der Waals surface area contributed by atoms with Crippen molar-refractivity contribution in [2.24, 2.45) is 5.73 Å². The van der Waals surface area contributed by atoms with Crippen LogP contribution in [0.5, 0.6) is 5.75 Å². The maximum atomic E-state index is 11.0. The molecule has 138 valence electrons. The van der Waals surface area contributed by atoms with E-state index in [9.17, 15) is 4.79 Å². The number of carboxylic acid groups (broad SMARTS) is 1. The van der Waals surface area contributed by atoms with E-state index in [4.69, 9.17) is 15.6 Å². The van der Waals surface area contributed by atoms with Gasteiger partial charge in [-0.05, 0) is 36.8 Å². The number of nitrogens with two attached hydrogens (primary N) is 1. The van der Waals surface area contributed by atoms with Crippen LogP contribution in [0.3, 0.4) is 0 Å². The van der Waals surface area contributed by atoms with Crippen LogP contribution >= 0.6 is 0 Å². The molecule has 0 saturated carbocycles. The van der Waals surface area contributed by atoms with Crippen molar-refractivity contribution in [2.45, 2.75) is 26.0 Å². The first-order valence-corrected chi connectivity index (χ1v) is 8.77. The fourth-order valence-corrected chi connectivity index (χ4v) is 2.80. The number of rotatable bonds is 7. The predicted molar refractivity (Wildman–Crippen MR) is 104 cm³/mol. The largest absolute Gasteiger partial charge is 0.489 e. The predicted octanol–water partition coefficient (Wildman–Crippen LogP) is 3.97. The molecule has 1 atom stereocenters. The molecule has 0 spiro atoms. The van der Waals surface area contributed by atoms with E-state index in [0.29, 0.717) is 17.9 Å². The summed E-state index contributed by atoms with van der Waals surface area (Å²) in [7, 11) is 0. The van der Waals surface area contributed by atoms with Crippen molar-refractivity contribution < 1.29 is 14.6 Å². The topological polar surface area (TPSA) is 85.4 Å². The van der Waals surface area contributed by atoms with Crippen LogP contribution in [-0.4, -0.2) is 16.1 Å². The number of benzene rings is 2. The summed E-state index contributed by atoms with van der Waals surface area (Å²) in [6.45, 7) is 2.25. The molecule has 3 aromatic rings. The molecule has 2 aromatic carbocycles. The van der Waals surface area contributed by atoms with Crippen molar-refractivity contribution >= 4 is 5.97 Å². The van der Waals surface area contributed by atoms with Gasteiger partial charge in [-0.3, -0.25) is 9.78 Å². The average molecular weight is 362 g/mol. The highest BCUT2D eigenvalue weighted by Crippen LogP contribution is 2.23. The maximum Gasteiger partial charge on any atom is 0.307 e. The molecule has 0 saturated heterocycles. The van der Waals surface area contributed by atoms with Gasteiger partial charge in [0.15, 0.2) is 0 Å². The third-order valence-corrected chi connectivity index (χ3v) is 4.17. The number of carboxylic acids is 1. The molecule has 0 aliphatic carbocycles. The second-order valence-corrected chi connectivity index (χ2v) is 6.40. The van der Waals surface area contributed by atoms with E-state index >= 15 is 0 Å². The first-order chi connectivity index (χ1) is 13.0. The Balaban J connectivity index is 1.77. The van der Waals surface area contributed by atoms with Crippen LogP contribution in [0.15, 0.2) is 66.7 Å². The van der Waals surface area contributed by atoms with Gasteiger partial charge in [0.2, 0.25) is 0 Å². The van der Waals surface area contributed by atoms with E-state index in [1.54, 1.807) is 12.1 Å². The molecular weight excluding hydrogens is 340 g/mol. The molecule has 1 heterocycles. The van der Waals surface area contributed by atoms with Gasteiger partial charge in [-0.1, -0.05) is 42.5 Å². The van der Waals surface area contributed by atoms with E-state index in [0.717, 1.165) is 22.5 Å². The zero-order valence-corrected chi connectivity index (χ0v) is 15.1. The molecule has 0 amide bonds. The van der Waals surface area contributed by atoms with Crippen molar-refractivity contribution in [3.8, 4) is 17.0 Å². The number of carbonyl (C=O) groups is 1. The molecular formula is C22H22N2O3. The molecule has 1 unspecified atom stereocenters. The average Bonchev–Trinajstić information content (AvgIpc) is 2.67. The fourth-order valence-electron chi connectivity index (χ4n) is 2.80. The molecule has 5 nitrogen and oxygen atoms in total. The van der Waals surface area contributed by atoms with Crippen LogP contribution in [0.25, 0.3) is 11.3 Å². The molecule has 3 rings (SSSR count). The molecule has 1 aromatic heterocycles. The summed E-state index contributed by atoms with van der Waals surface area (Å²) in [5, 5.41) is 9.03. The number of nitrogens with zero attached hydrogens (tertiary/aromatic N) is 1. The Labute approximate surface area is 158 Å². The van der Waals surface area contributed by atoms with Crippen LogP contribution in [0, 0.1) is 0 Å². The van der Waals surface area contributed by atoms with Gasteiger partial charge in [0.05, 0.1) is 17.8 Å². The summed E-state index contributed by atoms with van der Waals surface area (Å²) >= 11 is 0. The number of aromatic nitrogens is 1. The highest BCUT2D eigenvalue weighted by Gasteiger charge is 2.09. The van der Waals surface area contributed by atoms with Gasteiger partial charge in [0, 0.05) is 17.2 Å². The van der Waals surface area contributed by atoms with Gasteiger partial charge in [0.25, 0.3) is 0 Å². The molecule has 27 heavy (non-hydrogen) atoms. The van der Waals surface area contributed by atoms with Gasteiger partial charge in [-0.2, -0.15) is 0 Å². The minimum Gasteiger partial charge on any atom is -0.489 e. The van der Waals surface area contributed by atoms with Crippen LogP contribution in [-0.2, 0) is 17.8 Å². The van der Waals surface area contributed by atoms with Gasteiger partial charge in [-0.15, -0.1) is 0 Å². The molecule has 0 bridgehead atoms. The summed E-state index contributed by atoms with van der Waals surface area (Å²) in [5.74, 6) is -0.296. The smallest absolute Gasteiger partial charge is 0.307 e. The van der Waals surface area contributed by atoms with E-state index in [1.165, 1.54) is 0 Å². The lowest BCUT2D eigenvalue weighted by Gasteiger charge is -2.12. The molecule has 5 heteroatoms. The normalized spacial score (nSPS) is 11.8. The molecule has 3 N–H and O–H groups in total. The number of hydrogen-bond acceptors (Lipinski definition) is 4. The van der Waals surface area contributed by atoms with Crippen LogP contribution in [0.2, 0.25) is 0 Å². The monoisotopic (exact) mass is 362 g/mol. The number of ether oxygens (including phenoxy) is 1. The Bertz CT molecular complexity index is 938. The first-order valence-electron chi connectivity index (χ1n) is 8.77. The second-order valence-electron chi connectivity index (χ2n) is 6.40. The zero-order valence-electron chi connectivity index (χ0n) is 15.1. The zero-order chi connectivity index (χ0) is 19.2. The summed E-state index contributed by atoms with van der Waals surface area (Å²) in [4.78, 5) is 15.6. The Morgan fingerprint density at radius 3 is 2.67 bits per heavy atom. The van der Waals surface area contributed by atoms with Crippen molar-refractivity contribution in [1.82, 2.24) is 4.98 Å². The Kier molecular flexibility index (Phi) is 5.84. The van der Waals surface area contributed by atoms with Gasteiger partial charge in [0.1, 0.15) is 12.4 Å². The molecule has 0 radical (unpaired) electrons. The van der Waals surface area contributed by atoms with Crippen molar-refractivity contribution in [3.05, 3.63) is 83.6 Å². The fraction of sp³-hybridized carbons (Fsp3) is 0.182. The lowest BCUT2D eigenvalue weighted by atomic mass is 10.1. The Morgan fingerprint density at radius 2 is 1.89 bits per heavy atom. The van der Waals surface area contributed by atoms with Gasteiger partial charge < -0.3 is 15.6 Å². The van der Waals surface area contributed by atoms with E-state index < -0.39 is 5.97 Å². The summed E-state index contributed by atoms with van der Waals surface area (Å²) < 4.78 is 5.87. The van der Waals surface area contributed by atoms with Crippen molar-refractivity contribution in [3.63, 3.8) is 0 Å². The molecule has 0 fully saturated rings. The Morgan fingerprint density at radius 1 is 1.11 bits per heavy atom. The van der Waals surface area contributed by atoms with Gasteiger partial charge >= 0.3 is 5.97 Å². The maximum absolute atomic E-state index is 11.0. The minimum absolute atomic E-state index is 0.0653. The van der Waals surface area contributed by atoms with Crippen molar-refractivity contribution in [1.29, 1.82) is 0 Å². The Hall–Kier alpha value is -3.18. The highest BCUT2D eigenvalue weighted by atomic mass is 16.5. The number of para-hydroxylation sites is 1. The molecule has 0 aliphatic rings.